The highest BCUT2D eigenvalue weighted by Crippen LogP contribution is 2.26. The molecule has 0 aliphatic carbocycles. The van der Waals surface area contributed by atoms with Crippen LogP contribution < -0.4 is 0 Å². The summed E-state index contributed by atoms with van der Waals surface area (Å²) >= 11 is 5.96. The smallest absolute Gasteiger partial charge is 0.152 e. The van der Waals surface area contributed by atoms with Gasteiger partial charge in [-0.2, -0.15) is 5.10 Å². The Morgan fingerprint density at radius 3 is 2.83 bits per heavy atom. The molecule has 0 bridgehead atoms. The van der Waals surface area contributed by atoms with Crippen molar-refractivity contribution in [2.45, 2.75) is 12.6 Å². The molecule has 1 fully saturated rings. The molecule has 3 aromatic rings. The van der Waals surface area contributed by atoms with Gasteiger partial charge in [-0.15, -0.1) is 0 Å². The SMILES string of the molecule is Clc1ccc([C@@H]2CN(Cc3ccc(-c4ccn[nH]4)o3)CCO2)cc1. The van der Waals surface area contributed by atoms with E-state index in [1.165, 1.54) is 0 Å². The quantitative estimate of drug-likeness (QED) is 0.780. The van der Waals surface area contributed by atoms with Crippen molar-refractivity contribution < 1.29 is 9.15 Å². The minimum atomic E-state index is 0.0676. The van der Waals surface area contributed by atoms with Crippen LogP contribution in [0.5, 0.6) is 0 Å². The van der Waals surface area contributed by atoms with Gasteiger partial charge in [-0.3, -0.25) is 10.00 Å². The predicted octanol–water partition coefficient (Wildman–Crippen LogP) is 3.90. The van der Waals surface area contributed by atoms with E-state index in [4.69, 9.17) is 20.8 Å². The van der Waals surface area contributed by atoms with E-state index in [9.17, 15) is 0 Å². The normalized spacial score (nSPS) is 18.8. The van der Waals surface area contributed by atoms with Crippen molar-refractivity contribution in [1.82, 2.24) is 15.1 Å². The van der Waals surface area contributed by atoms with Gasteiger partial charge in [-0.25, -0.2) is 0 Å². The summed E-state index contributed by atoms with van der Waals surface area (Å²) in [6.07, 6.45) is 1.79. The first-order chi connectivity index (χ1) is 11.8. The second-order valence-corrected chi connectivity index (χ2v) is 6.32. The Balaban J connectivity index is 1.42. The molecule has 1 aliphatic rings. The lowest BCUT2D eigenvalue weighted by Gasteiger charge is -2.32. The summed E-state index contributed by atoms with van der Waals surface area (Å²) in [7, 11) is 0. The van der Waals surface area contributed by atoms with Crippen LogP contribution in [-0.2, 0) is 11.3 Å². The van der Waals surface area contributed by atoms with Crippen molar-refractivity contribution in [3.8, 4) is 11.5 Å². The molecule has 6 heteroatoms. The molecule has 1 N–H and O–H groups in total. The van der Waals surface area contributed by atoms with Gasteiger partial charge in [-0.1, -0.05) is 23.7 Å². The molecule has 1 saturated heterocycles. The molecule has 124 valence electrons. The van der Waals surface area contributed by atoms with E-state index < -0.39 is 0 Å². The van der Waals surface area contributed by atoms with E-state index in [1.54, 1.807) is 6.20 Å². The average Bonchev–Trinajstić information content (AvgIpc) is 3.27. The van der Waals surface area contributed by atoms with Crippen molar-refractivity contribution in [3.63, 3.8) is 0 Å². The first kappa shape index (κ1) is 15.4. The number of furan rings is 1. The zero-order valence-electron chi connectivity index (χ0n) is 13.1. The molecular weight excluding hydrogens is 326 g/mol. The number of halogens is 1. The molecule has 4 rings (SSSR count). The molecule has 3 heterocycles. The van der Waals surface area contributed by atoms with E-state index in [0.29, 0.717) is 6.61 Å². The lowest BCUT2D eigenvalue weighted by molar-refractivity contribution is -0.0346. The Labute approximate surface area is 145 Å². The highest BCUT2D eigenvalue weighted by Gasteiger charge is 2.23. The monoisotopic (exact) mass is 343 g/mol. The molecule has 5 nitrogen and oxygen atoms in total. The Hall–Kier alpha value is -2.08. The van der Waals surface area contributed by atoms with Gasteiger partial charge < -0.3 is 9.15 Å². The van der Waals surface area contributed by atoms with E-state index in [1.807, 2.05) is 42.5 Å². The Morgan fingerprint density at radius 1 is 1.17 bits per heavy atom. The standard InChI is InChI=1S/C18H18ClN3O2/c19-14-3-1-13(2-4-14)18-12-22(9-10-23-18)11-15-5-6-17(24-15)16-7-8-20-21-16/h1-8,18H,9-12H2,(H,20,21)/t18-/m0/s1. The predicted molar refractivity (Wildman–Crippen MR) is 91.7 cm³/mol. The zero-order valence-corrected chi connectivity index (χ0v) is 13.9. The lowest BCUT2D eigenvalue weighted by atomic mass is 10.1. The van der Waals surface area contributed by atoms with Crippen molar-refractivity contribution in [2.75, 3.05) is 19.7 Å². The third-order valence-corrected chi connectivity index (χ3v) is 4.45. The number of hydrogen-bond acceptors (Lipinski definition) is 4. The van der Waals surface area contributed by atoms with Crippen LogP contribution in [0.3, 0.4) is 0 Å². The molecule has 2 aromatic heterocycles. The molecule has 24 heavy (non-hydrogen) atoms. The van der Waals surface area contributed by atoms with E-state index >= 15 is 0 Å². The molecule has 0 amide bonds. The Morgan fingerprint density at radius 2 is 2.04 bits per heavy atom. The number of nitrogens with zero attached hydrogens (tertiary/aromatic N) is 2. The number of rotatable bonds is 4. The van der Waals surface area contributed by atoms with Gasteiger partial charge in [0.05, 0.1) is 19.3 Å². The van der Waals surface area contributed by atoms with Crippen LogP contribution in [0.4, 0.5) is 0 Å². The summed E-state index contributed by atoms with van der Waals surface area (Å²) in [6, 6.07) is 13.8. The van der Waals surface area contributed by atoms with Crippen LogP contribution >= 0.6 is 11.6 Å². The number of morpholine rings is 1. The molecule has 1 aromatic carbocycles. The second kappa shape index (κ2) is 6.81. The fraction of sp³-hybridized carbons (Fsp3) is 0.278. The maximum Gasteiger partial charge on any atom is 0.152 e. The van der Waals surface area contributed by atoms with Crippen LogP contribution in [0.25, 0.3) is 11.5 Å². The molecular formula is C18H18ClN3O2. The van der Waals surface area contributed by atoms with Crippen LogP contribution in [-0.4, -0.2) is 34.8 Å². The summed E-state index contributed by atoms with van der Waals surface area (Å²) < 4.78 is 11.8. The first-order valence-electron chi connectivity index (χ1n) is 7.96. The highest BCUT2D eigenvalue weighted by molar-refractivity contribution is 6.30. The number of H-pyrrole nitrogens is 1. The van der Waals surface area contributed by atoms with Crippen LogP contribution in [0.15, 0.2) is 53.1 Å². The maximum absolute atomic E-state index is 5.96. The largest absolute Gasteiger partial charge is 0.458 e. The van der Waals surface area contributed by atoms with Crippen molar-refractivity contribution in [2.24, 2.45) is 0 Å². The summed E-state index contributed by atoms with van der Waals surface area (Å²) in [6.45, 7) is 3.20. The molecule has 0 saturated carbocycles. The van der Waals surface area contributed by atoms with E-state index in [0.717, 1.165) is 47.4 Å². The van der Waals surface area contributed by atoms with E-state index in [-0.39, 0.29) is 6.10 Å². The van der Waals surface area contributed by atoms with Crippen molar-refractivity contribution in [3.05, 3.63) is 65.0 Å². The maximum atomic E-state index is 5.96. The van der Waals surface area contributed by atoms with Crippen LogP contribution in [0, 0.1) is 0 Å². The topological polar surface area (TPSA) is 54.3 Å². The number of aromatic amines is 1. The first-order valence-corrected chi connectivity index (χ1v) is 8.33. The third kappa shape index (κ3) is 3.38. The van der Waals surface area contributed by atoms with Gasteiger partial charge in [0, 0.05) is 24.3 Å². The number of nitrogens with one attached hydrogen (secondary N) is 1. The average molecular weight is 344 g/mol. The fourth-order valence-electron chi connectivity index (χ4n) is 2.95. The van der Waals surface area contributed by atoms with Gasteiger partial charge in [0.25, 0.3) is 0 Å². The number of hydrogen-bond donors (Lipinski definition) is 1. The molecule has 1 atom stereocenters. The Kier molecular flexibility index (Phi) is 4.38. The fourth-order valence-corrected chi connectivity index (χ4v) is 3.07. The molecule has 0 spiro atoms. The van der Waals surface area contributed by atoms with Gasteiger partial charge in [0.1, 0.15) is 11.5 Å². The minimum absolute atomic E-state index is 0.0676. The summed E-state index contributed by atoms with van der Waals surface area (Å²) in [4.78, 5) is 2.35. The number of ether oxygens (including phenoxy) is 1. The lowest BCUT2D eigenvalue weighted by Crippen LogP contribution is -2.37. The van der Waals surface area contributed by atoms with E-state index in [2.05, 4.69) is 15.1 Å². The van der Waals surface area contributed by atoms with Gasteiger partial charge in [0.2, 0.25) is 0 Å². The second-order valence-electron chi connectivity index (χ2n) is 5.88. The van der Waals surface area contributed by atoms with Crippen molar-refractivity contribution in [1.29, 1.82) is 0 Å². The third-order valence-electron chi connectivity index (χ3n) is 4.20. The zero-order chi connectivity index (χ0) is 16.4. The van der Waals surface area contributed by atoms with Crippen LogP contribution in [0.1, 0.15) is 17.4 Å². The van der Waals surface area contributed by atoms with Gasteiger partial charge in [0.15, 0.2) is 5.76 Å². The summed E-state index contributed by atoms with van der Waals surface area (Å²) in [5, 5.41) is 7.61. The van der Waals surface area contributed by atoms with Gasteiger partial charge >= 0.3 is 0 Å². The Bertz CT molecular complexity index is 783. The van der Waals surface area contributed by atoms with Gasteiger partial charge in [-0.05, 0) is 35.9 Å². The minimum Gasteiger partial charge on any atom is -0.458 e. The molecule has 1 aliphatic heterocycles. The summed E-state index contributed by atoms with van der Waals surface area (Å²) in [5.74, 6) is 1.75. The molecule has 0 unspecified atom stereocenters. The number of aromatic nitrogens is 2. The summed E-state index contributed by atoms with van der Waals surface area (Å²) in [5.41, 5.74) is 2.05. The molecule has 0 radical (unpaired) electrons. The highest BCUT2D eigenvalue weighted by atomic mass is 35.5. The van der Waals surface area contributed by atoms with Crippen LogP contribution in [0.2, 0.25) is 5.02 Å². The van der Waals surface area contributed by atoms with Crippen molar-refractivity contribution >= 4 is 11.6 Å². The number of benzene rings is 1.